The Bertz CT molecular complexity index is 732. The monoisotopic (exact) mass is 546 g/mol. The van der Waals surface area contributed by atoms with E-state index in [1.807, 2.05) is 30.0 Å². The first kappa shape index (κ1) is 25.5. The average molecular weight is 546 g/mol. The van der Waals surface area contributed by atoms with Crippen LogP contribution in [0.3, 0.4) is 0 Å². The van der Waals surface area contributed by atoms with Crippen LogP contribution in [0.25, 0.3) is 0 Å². The van der Waals surface area contributed by atoms with Gasteiger partial charge in [0.05, 0.1) is 20.3 Å². The normalized spacial score (nSPS) is 19.1. The molecule has 8 nitrogen and oxygen atoms in total. The van der Waals surface area contributed by atoms with Crippen LogP contribution < -0.4 is 14.8 Å². The summed E-state index contributed by atoms with van der Waals surface area (Å²) in [5.74, 6) is 2.47. The van der Waals surface area contributed by atoms with Gasteiger partial charge >= 0.3 is 0 Å². The number of benzene rings is 1. The van der Waals surface area contributed by atoms with Crippen LogP contribution in [0.15, 0.2) is 23.2 Å². The van der Waals surface area contributed by atoms with E-state index in [0.29, 0.717) is 32.8 Å². The Kier molecular flexibility index (Phi) is 10.7. The molecule has 0 aromatic heterocycles. The van der Waals surface area contributed by atoms with Crippen LogP contribution in [0.5, 0.6) is 11.5 Å². The van der Waals surface area contributed by atoms with Gasteiger partial charge in [0.15, 0.2) is 17.5 Å². The van der Waals surface area contributed by atoms with E-state index in [1.54, 1.807) is 7.11 Å². The molecule has 1 N–H and O–H groups in total. The third-order valence-corrected chi connectivity index (χ3v) is 5.37. The maximum Gasteiger partial charge on any atom is 0.251 e. The molecular formula is C22H35IN4O4. The molecule has 2 fully saturated rings. The van der Waals surface area contributed by atoms with Crippen molar-refractivity contribution in [2.24, 2.45) is 4.99 Å². The van der Waals surface area contributed by atoms with Crippen molar-refractivity contribution in [2.45, 2.75) is 39.3 Å². The molecule has 1 atom stereocenters. The van der Waals surface area contributed by atoms with Crippen molar-refractivity contribution >= 4 is 35.8 Å². The molecule has 3 rings (SSSR count). The van der Waals surface area contributed by atoms with Gasteiger partial charge in [-0.05, 0) is 44.4 Å². The van der Waals surface area contributed by atoms with Crippen molar-refractivity contribution in [1.29, 1.82) is 0 Å². The van der Waals surface area contributed by atoms with Crippen LogP contribution >= 0.6 is 24.0 Å². The zero-order valence-corrected chi connectivity index (χ0v) is 21.1. The third-order valence-electron chi connectivity index (χ3n) is 5.37. The Morgan fingerprint density at radius 2 is 1.94 bits per heavy atom. The highest BCUT2D eigenvalue weighted by Gasteiger charge is 2.30. The highest BCUT2D eigenvalue weighted by molar-refractivity contribution is 14.0. The summed E-state index contributed by atoms with van der Waals surface area (Å²) in [6, 6.07) is 5.91. The van der Waals surface area contributed by atoms with Gasteiger partial charge in [-0.1, -0.05) is 6.07 Å². The Balaban J connectivity index is 0.00000341. The van der Waals surface area contributed by atoms with Crippen LogP contribution in [-0.4, -0.2) is 80.8 Å². The van der Waals surface area contributed by atoms with E-state index in [2.05, 4.69) is 17.1 Å². The summed E-state index contributed by atoms with van der Waals surface area (Å²) < 4.78 is 16.6. The van der Waals surface area contributed by atoms with Gasteiger partial charge < -0.3 is 29.3 Å². The zero-order chi connectivity index (χ0) is 21.3. The molecule has 0 aliphatic carbocycles. The summed E-state index contributed by atoms with van der Waals surface area (Å²) in [5.41, 5.74) is 1.05. The van der Waals surface area contributed by atoms with Crippen LogP contribution in [0, 0.1) is 0 Å². The quantitative estimate of drug-likeness (QED) is 0.322. The lowest BCUT2D eigenvalue weighted by atomic mass is 10.2. The van der Waals surface area contributed by atoms with Gasteiger partial charge in [-0.15, -0.1) is 24.0 Å². The Morgan fingerprint density at radius 3 is 2.55 bits per heavy atom. The second-order valence-corrected chi connectivity index (χ2v) is 7.40. The van der Waals surface area contributed by atoms with E-state index in [-0.39, 0.29) is 36.0 Å². The fraction of sp³-hybridized carbons (Fsp3) is 0.636. The number of amides is 1. The van der Waals surface area contributed by atoms with Crippen LogP contribution in [0.2, 0.25) is 0 Å². The van der Waals surface area contributed by atoms with Crippen molar-refractivity contribution in [2.75, 3.05) is 53.0 Å². The third kappa shape index (κ3) is 6.86. The number of guanidine groups is 1. The number of methoxy groups -OCH3 is 1. The van der Waals surface area contributed by atoms with E-state index < -0.39 is 0 Å². The minimum Gasteiger partial charge on any atom is -0.493 e. The highest BCUT2D eigenvalue weighted by atomic mass is 127. The molecular weight excluding hydrogens is 511 g/mol. The van der Waals surface area contributed by atoms with Gasteiger partial charge in [-0.3, -0.25) is 4.79 Å². The number of ether oxygens (including phenoxy) is 3. The fourth-order valence-corrected chi connectivity index (χ4v) is 3.79. The summed E-state index contributed by atoms with van der Waals surface area (Å²) in [7, 11) is 1.65. The number of nitrogens with zero attached hydrogens (tertiary/aromatic N) is 3. The van der Waals surface area contributed by atoms with Crippen molar-refractivity contribution in [3.05, 3.63) is 23.8 Å². The first-order chi connectivity index (χ1) is 14.7. The molecule has 0 radical (unpaired) electrons. The summed E-state index contributed by atoms with van der Waals surface area (Å²) in [6.45, 7) is 9.55. The number of hydrogen-bond acceptors (Lipinski definition) is 5. The van der Waals surface area contributed by atoms with Gasteiger partial charge in [0.2, 0.25) is 0 Å². The summed E-state index contributed by atoms with van der Waals surface area (Å²) in [6.07, 6.45) is 1.58. The number of hydrogen-bond donors (Lipinski definition) is 1. The summed E-state index contributed by atoms with van der Waals surface area (Å²) >= 11 is 0. The van der Waals surface area contributed by atoms with Gasteiger partial charge in [0, 0.05) is 39.3 Å². The molecule has 2 aliphatic heterocycles. The largest absolute Gasteiger partial charge is 0.493 e. The number of carbonyl (C=O) groups excluding carboxylic acids is 1. The zero-order valence-electron chi connectivity index (χ0n) is 18.8. The maximum atomic E-state index is 12.6. The average Bonchev–Trinajstić information content (AvgIpc) is 3.32. The Hall–Kier alpha value is -1.75. The second-order valence-electron chi connectivity index (χ2n) is 7.40. The topological polar surface area (TPSA) is 75.6 Å². The highest BCUT2D eigenvalue weighted by Crippen LogP contribution is 2.28. The molecule has 174 valence electrons. The van der Waals surface area contributed by atoms with Gasteiger partial charge in [0.1, 0.15) is 6.10 Å². The van der Waals surface area contributed by atoms with Crippen molar-refractivity contribution in [3.63, 3.8) is 0 Å². The van der Waals surface area contributed by atoms with E-state index in [0.717, 1.165) is 55.5 Å². The molecule has 1 amide bonds. The van der Waals surface area contributed by atoms with E-state index in [9.17, 15) is 4.79 Å². The number of halogens is 1. The van der Waals surface area contributed by atoms with Gasteiger partial charge in [0.25, 0.3) is 5.91 Å². The molecule has 1 aromatic rings. The van der Waals surface area contributed by atoms with Crippen molar-refractivity contribution in [3.8, 4) is 11.5 Å². The molecule has 0 saturated carbocycles. The maximum absolute atomic E-state index is 12.6. The minimum atomic E-state index is -0.243. The van der Waals surface area contributed by atoms with Crippen LogP contribution in [0.1, 0.15) is 32.3 Å². The molecule has 0 bridgehead atoms. The van der Waals surface area contributed by atoms with E-state index in [4.69, 9.17) is 19.2 Å². The lowest BCUT2D eigenvalue weighted by Crippen LogP contribution is -2.55. The molecule has 2 heterocycles. The lowest BCUT2D eigenvalue weighted by molar-refractivity contribution is -0.142. The molecule has 0 spiro atoms. The molecule has 1 aromatic carbocycles. The fourth-order valence-electron chi connectivity index (χ4n) is 3.79. The Labute approximate surface area is 202 Å². The number of piperazine rings is 1. The molecule has 2 aliphatic rings. The number of aliphatic imine (C=N–C) groups is 1. The lowest BCUT2D eigenvalue weighted by Gasteiger charge is -2.37. The second kappa shape index (κ2) is 12.9. The van der Waals surface area contributed by atoms with Crippen molar-refractivity contribution < 1.29 is 19.0 Å². The molecule has 2 saturated heterocycles. The number of nitrogens with one attached hydrogen (secondary N) is 1. The summed E-state index contributed by atoms with van der Waals surface area (Å²) in [5, 5.41) is 3.37. The van der Waals surface area contributed by atoms with Gasteiger partial charge in [-0.2, -0.15) is 0 Å². The minimum absolute atomic E-state index is 0. The predicted octanol–water partition coefficient (Wildman–Crippen LogP) is 2.50. The smallest absolute Gasteiger partial charge is 0.251 e. The number of rotatable bonds is 7. The molecule has 31 heavy (non-hydrogen) atoms. The van der Waals surface area contributed by atoms with E-state index in [1.165, 1.54) is 0 Å². The molecule has 9 heteroatoms. The van der Waals surface area contributed by atoms with Crippen molar-refractivity contribution in [1.82, 2.24) is 15.1 Å². The van der Waals surface area contributed by atoms with E-state index >= 15 is 0 Å². The van der Waals surface area contributed by atoms with Gasteiger partial charge in [-0.25, -0.2) is 4.99 Å². The summed E-state index contributed by atoms with van der Waals surface area (Å²) in [4.78, 5) is 21.5. The molecule has 1 unspecified atom stereocenters. The predicted molar refractivity (Wildman–Crippen MR) is 132 cm³/mol. The standard InChI is InChI=1S/C22H34N4O4.HI/c1-4-23-22(24-16-17-8-9-18(29-5-2)20(15-17)28-3)26-12-10-25(11-13-26)21(27)19-7-6-14-30-19;/h8-9,15,19H,4-7,10-14,16H2,1-3H3,(H,23,24);1H. The van der Waals surface area contributed by atoms with Crippen LogP contribution in [-0.2, 0) is 16.1 Å². The SMILES string of the molecule is CCNC(=NCc1ccc(OCC)c(OC)c1)N1CCN(C(=O)C2CCCO2)CC1.I. The van der Waals surface area contributed by atoms with Crippen LogP contribution in [0.4, 0.5) is 0 Å². The first-order valence-electron chi connectivity index (χ1n) is 10.9. The first-order valence-corrected chi connectivity index (χ1v) is 10.9. The Morgan fingerprint density at radius 1 is 1.19 bits per heavy atom. The number of carbonyl (C=O) groups is 1.